The van der Waals surface area contributed by atoms with Gasteiger partial charge in [-0.15, -0.1) is 0 Å². The molecule has 0 aromatic heterocycles. The van der Waals surface area contributed by atoms with Gasteiger partial charge in [-0.1, -0.05) is 46.9 Å². The first-order valence-corrected chi connectivity index (χ1v) is 11.1. The topological polar surface area (TPSA) is 75.7 Å². The van der Waals surface area contributed by atoms with Crippen LogP contribution in [0.25, 0.3) is 0 Å². The zero-order chi connectivity index (χ0) is 21.1. The van der Waals surface area contributed by atoms with Crippen LogP contribution in [0.5, 0.6) is 5.75 Å². The van der Waals surface area contributed by atoms with E-state index in [1.165, 1.54) is 12.1 Å². The van der Waals surface area contributed by atoms with E-state index >= 15 is 0 Å². The van der Waals surface area contributed by atoms with Crippen LogP contribution in [0.2, 0.25) is 15.1 Å². The normalized spacial score (nSPS) is 12.4. The van der Waals surface area contributed by atoms with Gasteiger partial charge in [-0.2, -0.15) is 0 Å². The summed E-state index contributed by atoms with van der Waals surface area (Å²) in [6.07, 6.45) is 0.978. The Balaban J connectivity index is 2.21. The molecule has 152 valence electrons. The quantitative estimate of drug-likeness (QED) is 0.619. The van der Waals surface area contributed by atoms with Gasteiger partial charge in [0.25, 0.3) is 0 Å². The van der Waals surface area contributed by atoms with Crippen molar-refractivity contribution in [2.75, 3.05) is 24.2 Å². The van der Waals surface area contributed by atoms with Crippen LogP contribution >= 0.6 is 34.8 Å². The Bertz CT molecular complexity index is 966. The van der Waals surface area contributed by atoms with Crippen LogP contribution in [0.1, 0.15) is 18.5 Å². The van der Waals surface area contributed by atoms with E-state index in [0.29, 0.717) is 5.75 Å². The minimum absolute atomic E-state index is 0.0656. The maximum atomic E-state index is 12.5. The highest BCUT2D eigenvalue weighted by molar-refractivity contribution is 7.92. The molecule has 28 heavy (non-hydrogen) atoms. The van der Waals surface area contributed by atoms with Gasteiger partial charge in [0, 0.05) is 0 Å². The zero-order valence-electron chi connectivity index (χ0n) is 15.4. The lowest BCUT2D eigenvalue weighted by Crippen LogP contribution is -2.41. The number of hydrogen-bond acceptors (Lipinski definition) is 4. The number of methoxy groups -OCH3 is 1. The number of nitrogens with zero attached hydrogens (tertiary/aromatic N) is 1. The molecule has 0 aliphatic carbocycles. The summed E-state index contributed by atoms with van der Waals surface area (Å²) in [5.74, 6) is 0.190. The molecule has 1 amide bonds. The van der Waals surface area contributed by atoms with Crippen LogP contribution in [0.3, 0.4) is 0 Å². The summed E-state index contributed by atoms with van der Waals surface area (Å²) in [5, 5.41) is 3.14. The Morgan fingerprint density at radius 1 is 1.11 bits per heavy atom. The fourth-order valence-corrected chi connectivity index (χ4v) is 4.03. The first-order chi connectivity index (χ1) is 13.0. The summed E-state index contributed by atoms with van der Waals surface area (Å²) in [6, 6.07) is 9.47. The van der Waals surface area contributed by atoms with Crippen LogP contribution in [-0.4, -0.2) is 34.2 Å². The van der Waals surface area contributed by atoms with E-state index < -0.39 is 22.5 Å². The van der Waals surface area contributed by atoms with Gasteiger partial charge in [-0.05, 0) is 36.8 Å². The third kappa shape index (κ3) is 5.67. The van der Waals surface area contributed by atoms with Crippen molar-refractivity contribution in [3.05, 3.63) is 57.0 Å². The van der Waals surface area contributed by atoms with Gasteiger partial charge in [0.1, 0.15) is 12.3 Å². The van der Waals surface area contributed by atoms with E-state index in [4.69, 9.17) is 39.5 Å². The number of halogens is 3. The number of hydrogen-bond donors (Lipinski definition) is 1. The van der Waals surface area contributed by atoms with Crippen LogP contribution in [0.15, 0.2) is 36.4 Å². The number of carbonyl (C=O) groups excluding carboxylic acids is 1. The molecule has 0 heterocycles. The minimum atomic E-state index is -3.80. The fourth-order valence-electron chi connectivity index (χ4n) is 2.48. The summed E-state index contributed by atoms with van der Waals surface area (Å²) in [4.78, 5) is 12.5. The van der Waals surface area contributed by atoms with Crippen LogP contribution < -0.4 is 14.4 Å². The van der Waals surface area contributed by atoms with Crippen molar-refractivity contribution >= 4 is 56.4 Å². The lowest BCUT2D eigenvalue weighted by molar-refractivity contribution is -0.120. The second-order valence-corrected chi connectivity index (χ2v) is 9.18. The maximum Gasteiger partial charge on any atom is 0.241 e. The molecule has 0 aliphatic rings. The Hall–Kier alpha value is -1.67. The number of amides is 1. The number of rotatable bonds is 7. The summed E-state index contributed by atoms with van der Waals surface area (Å²) >= 11 is 18.0. The Kier molecular flexibility index (Phi) is 7.45. The molecule has 6 nitrogen and oxygen atoms in total. The van der Waals surface area contributed by atoms with E-state index in [9.17, 15) is 13.2 Å². The monoisotopic (exact) mass is 464 g/mol. The van der Waals surface area contributed by atoms with Gasteiger partial charge in [-0.25, -0.2) is 8.42 Å². The van der Waals surface area contributed by atoms with Crippen molar-refractivity contribution < 1.29 is 17.9 Å². The highest BCUT2D eigenvalue weighted by Gasteiger charge is 2.25. The molecule has 0 bridgehead atoms. The predicted molar refractivity (Wildman–Crippen MR) is 113 cm³/mol. The van der Waals surface area contributed by atoms with Gasteiger partial charge >= 0.3 is 0 Å². The second kappa shape index (κ2) is 9.22. The Morgan fingerprint density at radius 3 is 2.21 bits per heavy atom. The minimum Gasteiger partial charge on any atom is -0.497 e. The Labute approximate surface area is 179 Å². The van der Waals surface area contributed by atoms with E-state index in [1.807, 2.05) is 12.1 Å². The summed E-state index contributed by atoms with van der Waals surface area (Å²) in [7, 11) is -2.24. The van der Waals surface area contributed by atoms with Crippen molar-refractivity contribution in [3.8, 4) is 5.75 Å². The first-order valence-electron chi connectivity index (χ1n) is 8.08. The van der Waals surface area contributed by atoms with Gasteiger partial charge in [0.05, 0.1) is 40.2 Å². The molecule has 0 aliphatic heterocycles. The van der Waals surface area contributed by atoms with Crippen molar-refractivity contribution in [2.24, 2.45) is 0 Å². The largest absolute Gasteiger partial charge is 0.497 e. The fraction of sp³-hybridized carbons (Fsp3) is 0.278. The van der Waals surface area contributed by atoms with Crippen LogP contribution in [-0.2, 0) is 14.8 Å². The molecule has 0 fully saturated rings. The number of ether oxygens (including phenoxy) is 1. The molecule has 2 aromatic carbocycles. The molecule has 0 saturated carbocycles. The predicted octanol–water partition coefficient (Wildman–Crippen LogP) is 4.30. The third-order valence-corrected chi connectivity index (χ3v) is 6.09. The zero-order valence-corrected chi connectivity index (χ0v) is 18.5. The number of anilines is 1. The molecule has 10 heteroatoms. The average Bonchev–Trinajstić information content (AvgIpc) is 2.62. The summed E-state index contributed by atoms with van der Waals surface area (Å²) in [6.45, 7) is 1.33. The standard InChI is InChI=1S/C18H19Cl3N2O4S/c1-11(12-4-6-13(27-2)7-5-12)22-18(24)10-23(28(3,25)26)17-9-15(20)14(19)8-16(17)21/h4-9,11H,10H2,1-3H3,(H,22,24)/t11-/m0/s1. The lowest BCUT2D eigenvalue weighted by atomic mass is 10.1. The molecule has 1 atom stereocenters. The molecule has 0 spiro atoms. The number of benzene rings is 2. The van der Waals surface area contributed by atoms with Crippen LogP contribution in [0.4, 0.5) is 5.69 Å². The lowest BCUT2D eigenvalue weighted by Gasteiger charge is -2.24. The summed E-state index contributed by atoms with van der Waals surface area (Å²) < 4.78 is 30.5. The second-order valence-electron chi connectivity index (χ2n) is 6.05. The number of sulfonamides is 1. The number of nitrogens with one attached hydrogen (secondary N) is 1. The SMILES string of the molecule is COc1ccc([C@H](C)NC(=O)CN(c2cc(Cl)c(Cl)cc2Cl)S(C)(=O)=O)cc1. The van der Waals surface area contributed by atoms with Gasteiger partial charge < -0.3 is 10.1 Å². The smallest absolute Gasteiger partial charge is 0.241 e. The molecular weight excluding hydrogens is 447 g/mol. The van der Waals surface area contributed by atoms with E-state index in [0.717, 1.165) is 16.1 Å². The van der Waals surface area contributed by atoms with Crippen molar-refractivity contribution in [1.29, 1.82) is 0 Å². The molecule has 0 radical (unpaired) electrons. The first kappa shape index (κ1) is 22.6. The van der Waals surface area contributed by atoms with Gasteiger partial charge in [0.2, 0.25) is 15.9 Å². The van der Waals surface area contributed by atoms with Gasteiger partial charge in [-0.3, -0.25) is 9.10 Å². The molecular formula is C18H19Cl3N2O4S. The average molecular weight is 466 g/mol. The number of carbonyl (C=O) groups is 1. The molecule has 0 unspecified atom stereocenters. The highest BCUT2D eigenvalue weighted by atomic mass is 35.5. The van der Waals surface area contributed by atoms with Crippen LogP contribution in [0, 0.1) is 0 Å². The van der Waals surface area contributed by atoms with E-state index in [-0.39, 0.29) is 26.8 Å². The molecule has 0 saturated heterocycles. The third-order valence-electron chi connectivity index (χ3n) is 3.94. The van der Waals surface area contributed by atoms with E-state index in [2.05, 4.69) is 5.32 Å². The maximum absolute atomic E-state index is 12.5. The Morgan fingerprint density at radius 2 is 1.68 bits per heavy atom. The molecule has 2 rings (SSSR count). The van der Waals surface area contributed by atoms with Crippen molar-refractivity contribution in [2.45, 2.75) is 13.0 Å². The van der Waals surface area contributed by atoms with Crippen molar-refractivity contribution in [1.82, 2.24) is 5.32 Å². The highest BCUT2D eigenvalue weighted by Crippen LogP contribution is 2.35. The molecule has 1 N–H and O–H groups in total. The molecule has 2 aromatic rings. The van der Waals surface area contributed by atoms with Gasteiger partial charge in [0.15, 0.2) is 0 Å². The van der Waals surface area contributed by atoms with E-state index in [1.54, 1.807) is 26.2 Å². The van der Waals surface area contributed by atoms with Crippen molar-refractivity contribution in [3.63, 3.8) is 0 Å². The summed E-state index contributed by atoms with van der Waals surface area (Å²) in [5.41, 5.74) is 0.915.